The number of hydrogen-bond acceptors (Lipinski definition) is 3. The molecule has 0 aliphatic heterocycles. The third kappa shape index (κ3) is 3.46. The molecule has 0 saturated carbocycles. The summed E-state index contributed by atoms with van der Waals surface area (Å²) in [5.41, 5.74) is 0.850. The van der Waals surface area contributed by atoms with Crippen molar-refractivity contribution < 1.29 is 14.6 Å². The molecule has 0 amide bonds. The van der Waals surface area contributed by atoms with E-state index in [4.69, 9.17) is 9.47 Å². The van der Waals surface area contributed by atoms with Crippen LogP contribution in [0.15, 0.2) is 66.7 Å². The summed E-state index contributed by atoms with van der Waals surface area (Å²) in [6.07, 6.45) is -0.651. The average Bonchev–Trinajstić information content (AvgIpc) is 2.62. The van der Waals surface area contributed by atoms with Crippen molar-refractivity contribution in [3.63, 3.8) is 0 Å². The van der Waals surface area contributed by atoms with Crippen LogP contribution in [0.2, 0.25) is 0 Å². The predicted octanol–water partition coefficient (Wildman–Crippen LogP) is 4.35. The van der Waals surface area contributed by atoms with Gasteiger partial charge in [-0.15, -0.1) is 0 Å². The van der Waals surface area contributed by atoms with E-state index in [0.29, 0.717) is 6.61 Å². The van der Waals surface area contributed by atoms with Crippen LogP contribution in [-0.4, -0.2) is 18.3 Å². The molecular formula is C20H20O3. The van der Waals surface area contributed by atoms with Crippen LogP contribution in [0.1, 0.15) is 18.6 Å². The summed E-state index contributed by atoms with van der Waals surface area (Å²) in [6, 6.07) is 21.3. The summed E-state index contributed by atoms with van der Waals surface area (Å²) in [6.45, 7) is 2.80. The first-order valence-electron chi connectivity index (χ1n) is 7.80. The molecule has 0 spiro atoms. The van der Waals surface area contributed by atoms with Gasteiger partial charge in [-0.2, -0.15) is 0 Å². The smallest absolute Gasteiger partial charge is 0.127 e. The molecule has 0 bridgehead atoms. The van der Waals surface area contributed by atoms with E-state index in [0.717, 1.165) is 27.8 Å². The maximum absolute atomic E-state index is 10.2. The van der Waals surface area contributed by atoms with Gasteiger partial charge < -0.3 is 14.6 Å². The number of ether oxygens (including phenoxy) is 2. The Morgan fingerprint density at radius 1 is 0.783 bits per heavy atom. The van der Waals surface area contributed by atoms with E-state index in [9.17, 15) is 5.11 Å². The highest BCUT2D eigenvalue weighted by Gasteiger charge is 2.11. The summed E-state index contributed by atoms with van der Waals surface area (Å²) in [5.74, 6) is 1.60. The van der Waals surface area contributed by atoms with Crippen LogP contribution >= 0.6 is 0 Å². The third-order valence-electron chi connectivity index (χ3n) is 3.72. The van der Waals surface area contributed by atoms with Gasteiger partial charge in [-0.25, -0.2) is 0 Å². The molecule has 3 aromatic rings. The van der Waals surface area contributed by atoms with Gasteiger partial charge in [0.25, 0.3) is 0 Å². The van der Waals surface area contributed by atoms with Gasteiger partial charge in [0, 0.05) is 10.8 Å². The summed E-state index contributed by atoms with van der Waals surface area (Å²) >= 11 is 0. The average molecular weight is 308 g/mol. The molecule has 0 fully saturated rings. The van der Waals surface area contributed by atoms with Gasteiger partial charge in [0.15, 0.2) is 0 Å². The van der Waals surface area contributed by atoms with E-state index in [1.54, 1.807) is 0 Å². The molecule has 118 valence electrons. The molecule has 1 unspecified atom stereocenters. The maximum Gasteiger partial charge on any atom is 0.127 e. The second kappa shape index (κ2) is 7.16. The molecule has 1 atom stereocenters. The van der Waals surface area contributed by atoms with E-state index < -0.39 is 6.10 Å². The highest BCUT2D eigenvalue weighted by molar-refractivity contribution is 5.93. The number of aliphatic hydroxyl groups is 1. The Morgan fingerprint density at radius 3 is 1.96 bits per heavy atom. The Hall–Kier alpha value is -2.52. The topological polar surface area (TPSA) is 38.7 Å². The molecule has 0 heterocycles. The lowest BCUT2D eigenvalue weighted by atomic mass is 10.1. The van der Waals surface area contributed by atoms with E-state index >= 15 is 0 Å². The number of aliphatic hydroxyl groups excluding tert-OH is 1. The Balaban J connectivity index is 1.82. The molecule has 0 saturated heterocycles. The molecule has 0 aromatic heterocycles. The Labute approximate surface area is 136 Å². The van der Waals surface area contributed by atoms with Crippen molar-refractivity contribution in [3.8, 4) is 11.5 Å². The Bertz CT molecular complexity index is 768. The lowest BCUT2D eigenvalue weighted by Gasteiger charge is -2.15. The summed E-state index contributed by atoms with van der Waals surface area (Å²) in [4.78, 5) is 0. The SMILES string of the molecule is CCOc1ccc(OCC(O)c2ccccc2)c2ccccc12. The molecule has 0 aliphatic carbocycles. The van der Waals surface area contributed by atoms with Crippen LogP contribution in [0.4, 0.5) is 0 Å². The molecule has 3 heteroatoms. The minimum absolute atomic E-state index is 0.210. The number of rotatable bonds is 6. The van der Waals surface area contributed by atoms with Crippen LogP contribution in [0.5, 0.6) is 11.5 Å². The lowest BCUT2D eigenvalue weighted by molar-refractivity contribution is 0.109. The van der Waals surface area contributed by atoms with Gasteiger partial charge in [-0.05, 0) is 24.6 Å². The van der Waals surface area contributed by atoms with E-state index in [1.165, 1.54) is 0 Å². The van der Waals surface area contributed by atoms with E-state index in [-0.39, 0.29) is 6.61 Å². The van der Waals surface area contributed by atoms with Crippen LogP contribution in [0.3, 0.4) is 0 Å². The monoisotopic (exact) mass is 308 g/mol. The fourth-order valence-corrected chi connectivity index (χ4v) is 2.59. The van der Waals surface area contributed by atoms with Crippen molar-refractivity contribution in [2.75, 3.05) is 13.2 Å². The third-order valence-corrected chi connectivity index (χ3v) is 3.72. The number of hydrogen-bond donors (Lipinski definition) is 1. The van der Waals surface area contributed by atoms with Gasteiger partial charge in [0.05, 0.1) is 6.61 Å². The zero-order chi connectivity index (χ0) is 16.1. The van der Waals surface area contributed by atoms with Crippen LogP contribution in [-0.2, 0) is 0 Å². The van der Waals surface area contributed by atoms with Crippen molar-refractivity contribution in [1.29, 1.82) is 0 Å². The van der Waals surface area contributed by atoms with Gasteiger partial charge in [-0.1, -0.05) is 54.6 Å². The standard InChI is InChI=1S/C20H20O3/c1-2-22-19-12-13-20(17-11-7-6-10-16(17)19)23-14-18(21)15-8-4-3-5-9-15/h3-13,18,21H,2,14H2,1H3. The van der Waals surface area contributed by atoms with E-state index in [1.807, 2.05) is 73.7 Å². The fourth-order valence-electron chi connectivity index (χ4n) is 2.59. The maximum atomic E-state index is 10.2. The first-order valence-corrected chi connectivity index (χ1v) is 7.80. The van der Waals surface area contributed by atoms with E-state index in [2.05, 4.69) is 0 Å². The zero-order valence-corrected chi connectivity index (χ0v) is 13.1. The summed E-state index contributed by atoms with van der Waals surface area (Å²) in [7, 11) is 0. The second-order valence-electron chi connectivity index (χ2n) is 5.28. The normalized spacial score (nSPS) is 12.1. The van der Waals surface area contributed by atoms with Crippen molar-refractivity contribution in [1.82, 2.24) is 0 Å². The molecule has 3 aromatic carbocycles. The first-order chi connectivity index (χ1) is 11.3. The zero-order valence-electron chi connectivity index (χ0n) is 13.1. The number of fused-ring (bicyclic) bond motifs is 1. The van der Waals surface area contributed by atoms with Crippen molar-refractivity contribution in [2.45, 2.75) is 13.0 Å². The minimum Gasteiger partial charge on any atom is -0.493 e. The quantitative estimate of drug-likeness (QED) is 0.735. The highest BCUT2D eigenvalue weighted by atomic mass is 16.5. The van der Waals surface area contributed by atoms with Gasteiger partial charge in [0.1, 0.15) is 24.2 Å². The Kier molecular flexibility index (Phi) is 4.79. The van der Waals surface area contributed by atoms with Crippen LogP contribution in [0.25, 0.3) is 10.8 Å². The molecule has 0 aliphatic rings. The van der Waals surface area contributed by atoms with Gasteiger partial charge >= 0.3 is 0 Å². The molecule has 1 N–H and O–H groups in total. The second-order valence-corrected chi connectivity index (χ2v) is 5.28. The van der Waals surface area contributed by atoms with Gasteiger partial charge in [-0.3, -0.25) is 0 Å². The van der Waals surface area contributed by atoms with Crippen molar-refractivity contribution >= 4 is 10.8 Å². The Morgan fingerprint density at radius 2 is 1.35 bits per heavy atom. The highest BCUT2D eigenvalue weighted by Crippen LogP contribution is 2.33. The van der Waals surface area contributed by atoms with Gasteiger partial charge in [0.2, 0.25) is 0 Å². The first kappa shape index (κ1) is 15.4. The van der Waals surface area contributed by atoms with Crippen molar-refractivity contribution in [3.05, 3.63) is 72.3 Å². The molecule has 23 heavy (non-hydrogen) atoms. The van der Waals surface area contributed by atoms with Crippen LogP contribution in [0, 0.1) is 0 Å². The predicted molar refractivity (Wildman–Crippen MR) is 92.0 cm³/mol. The largest absolute Gasteiger partial charge is 0.493 e. The summed E-state index contributed by atoms with van der Waals surface area (Å²) in [5, 5.41) is 12.2. The van der Waals surface area contributed by atoms with Crippen LogP contribution < -0.4 is 9.47 Å². The summed E-state index contributed by atoms with van der Waals surface area (Å²) < 4.78 is 11.5. The minimum atomic E-state index is -0.651. The fraction of sp³-hybridized carbons (Fsp3) is 0.200. The van der Waals surface area contributed by atoms with Crippen molar-refractivity contribution in [2.24, 2.45) is 0 Å². The molecular weight excluding hydrogens is 288 g/mol. The number of benzene rings is 3. The molecule has 3 nitrogen and oxygen atoms in total. The molecule has 3 rings (SSSR count). The lowest BCUT2D eigenvalue weighted by Crippen LogP contribution is -2.09. The molecule has 0 radical (unpaired) electrons.